The lowest BCUT2D eigenvalue weighted by Crippen LogP contribution is -2.12. The van der Waals surface area contributed by atoms with Gasteiger partial charge in [-0.05, 0) is 37.3 Å². The van der Waals surface area contributed by atoms with Gasteiger partial charge in [-0.25, -0.2) is 4.98 Å². The van der Waals surface area contributed by atoms with E-state index in [9.17, 15) is 0 Å². The number of aromatic nitrogens is 1. The van der Waals surface area contributed by atoms with Gasteiger partial charge in [0.05, 0.1) is 5.69 Å². The van der Waals surface area contributed by atoms with Gasteiger partial charge in [-0.15, -0.1) is 11.3 Å². The minimum Gasteiger partial charge on any atom is -0.399 e. The number of nitrogens with two attached hydrogens (primary N) is 1. The van der Waals surface area contributed by atoms with Crippen LogP contribution in [0.5, 0.6) is 0 Å². The summed E-state index contributed by atoms with van der Waals surface area (Å²) in [5.41, 5.74) is 9.16. The van der Waals surface area contributed by atoms with E-state index in [1.165, 1.54) is 36.3 Å². The quantitative estimate of drug-likeness (QED) is 0.846. The van der Waals surface area contributed by atoms with E-state index in [1.807, 2.05) is 29.5 Å². The molecule has 1 heterocycles. The molecule has 0 aliphatic heterocycles. The summed E-state index contributed by atoms with van der Waals surface area (Å²) in [6.07, 6.45) is 6.33. The number of aryl methyl sites for hydroxylation is 1. The molecular formula is C16H20N2S. The van der Waals surface area contributed by atoms with Gasteiger partial charge in [0, 0.05) is 16.1 Å². The van der Waals surface area contributed by atoms with Crippen LogP contribution in [0.25, 0.3) is 10.6 Å². The minimum absolute atomic E-state index is 0.814. The monoisotopic (exact) mass is 272 g/mol. The molecule has 3 heteroatoms. The van der Waals surface area contributed by atoms with Gasteiger partial charge in [0.1, 0.15) is 5.01 Å². The van der Waals surface area contributed by atoms with Crippen molar-refractivity contribution >= 4 is 17.0 Å². The van der Waals surface area contributed by atoms with Gasteiger partial charge in [0.25, 0.3) is 0 Å². The number of hydrogen-bond acceptors (Lipinski definition) is 3. The second-order valence-electron chi connectivity index (χ2n) is 5.41. The highest BCUT2D eigenvalue weighted by Crippen LogP contribution is 2.36. The minimum atomic E-state index is 0.814. The van der Waals surface area contributed by atoms with Crippen molar-refractivity contribution in [2.24, 2.45) is 5.92 Å². The van der Waals surface area contributed by atoms with Crippen LogP contribution < -0.4 is 5.73 Å². The third kappa shape index (κ3) is 2.66. The maximum Gasteiger partial charge on any atom is 0.123 e. The summed E-state index contributed by atoms with van der Waals surface area (Å²) in [6, 6.07) is 8.05. The summed E-state index contributed by atoms with van der Waals surface area (Å²) in [5, 5.41) is 1.13. The van der Waals surface area contributed by atoms with E-state index in [0.29, 0.717) is 0 Å². The van der Waals surface area contributed by atoms with Crippen LogP contribution in [0.1, 0.15) is 36.8 Å². The molecule has 1 aliphatic carbocycles. The summed E-state index contributed by atoms with van der Waals surface area (Å²) in [6.45, 7) is 2.28. The fraction of sp³-hybridized carbons (Fsp3) is 0.438. The summed E-state index contributed by atoms with van der Waals surface area (Å²) >= 11 is 1.86. The number of thiazole rings is 1. The van der Waals surface area contributed by atoms with E-state index in [4.69, 9.17) is 10.7 Å². The summed E-state index contributed by atoms with van der Waals surface area (Å²) < 4.78 is 0. The second-order valence-corrected chi connectivity index (χ2v) is 6.50. The fourth-order valence-corrected chi connectivity index (χ4v) is 4.11. The van der Waals surface area contributed by atoms with Crippen molar-refractivity contribution in [3.63, 3.8) is 0 Å². The predicted molar refractivity (Wildman–Crippen MR) is 82.4 cm³/mol. The Kier molecular flexibility index (Phi) is 3.56. The Hall–Kier alpha value is -1.35. The highest BCUT2D eigenvalue weighted by Gasteiger charge is 2.22. The maximum atomic E-state index is 5.86. The number of benzene rings is 1. The molecule has 100 valence electrons. The lowest BCUT2D eigenvalue weighted by molar-refractivity contribution is 0.424. The van der Waals surface area contributed by atoms with Gasteiger partial charge in [0.2, 0.25) is 0 Å². The molecule has 1 aromatic carbocycles. The van der Waals surface area contributed by atoms with Gasteiger partial charge >= 0.3 is 0 Å². The number of fused-ring (bicyclic) bond motifs is 1. The lowest BCUT2D eigenvalue weighted by atomic mass is 9.88. The first-order valence-electron chi connectivity index (χ1n) is 7.10. The largest absolute Gasteiger partial charge is 0.399 e. The van der Waals surface area contributed by atoms with E-state index < -0.39 is 0 Å². The molecule has 19 heavy (non-hydrogen) atoms. The van der Waals surface area contributed by atoms with E-state index >= 15 is 0 Å². The van der Waals surface area contributed by atoms with Crippen LogP contribution in [0.15, 0.2) is 24.3 Å². The zero-order valence-electron chi connectivity index (χ0n) is 11.4. The van der Waals surface area contributed by atoms with Crippen LogP contribution in [0.3, 0.4) is 0 Å². The van der Waals surface area contributed by atoms with Crippen LogP contribution in [0.4, 0.5) is 5.69 Å². The Labute approximate surface area is 118 Å². The third-order valence-electron chi connectivity index (χ3n) is 3.87. The molecule has 0 saturated heterocycles. The number of anilines is 1. The normalized spacial score (nSPS) is 18.3. The van der Waals surface area contributed by atoms with Crippen LogP contribution in [0, 0.1) is 5.92 Å². The number of hydrogen-bond donors (Lipinski definition) is 1. The molecule has 1 atom stereocenters. The Bertz CT molecular complexity index is 574. The van der Waals surface area contributed by atoms with Crippen molar-refractivity contribution in [3.05, 3.63) is 34.8 Å². The molecule has 0 spiro atoms. The van der Waals surface area contributed by atoms with Gasteiger partial charge in [-0.1, -0.05) is 31.9 Å². The van der Waals surface area contributed by atoms with Crippen molar-refractivity contribution in [1.82, 2.24) is 4.98 Å². The fourth-order valence-electron chi connectivity index (χ4n) is 2.89. The molecular weight excluding hydrogens is 252 g/mol. The summed E-state index contributed by atoms with van der Waals surface area (Å²) in [4.78, 5) is 6.32. The van der Waals surface area contributed by atoms with E-state index in [0.717, 1.165) is 28.6 Å². The van der Waals surface area contributed by atoms with Crippen LogP contribution in [-0.2, 0) is 12.8 Å². The molecule has 0 bridgehead atoms. The van der Waals surface area contributed by atoms with Crippen molar-refractivity contribution in [1.29, 1.82) is 0 Å². The number of nitrogens with zero attached hydrogens (tertiary/aromatic N) is 1. The van der Waals surface area contributed by atoms with E-state index in [2.05, 4.69) is 13.0 Å². The summed E-state index contributed by atoms with van der Waals surface area (Å²) in [5.74, 6) is 0.867. The second kappa shape index (κ2) is 5.33. The highest BCUT2D eigenvalue weighted by molar-refractivity contribution is 7.15. The van der Waals surface area contributed by atoms with Crippen LogP contribution in [-0.4, -0.2) is 4.98 Å². The molecule has 3 rings (SSSR count). The zero-order chi connectivity index (χ0) is 13.2. The zero-order valence-corrected chi connectivity index (χ0v) is 12.2. The average Bonchev–Trinajstić information content (AvgIpc) is 2.82. The Morgan fingerprint density at radius 3 is 3.11 bits per heavy atom. The van der Waals surface area contributed by atoms with Crippen molar-refractivity contribution in [3.8, 4) is 10.6 Å². The highest BCUT2D eigenvalue weighted by atomic mass is 32.1. The maximum absolute atomic E-state index is 5.86. The van der Waals surface area contributed by atoms with Gasteiger partial charge in [-0.3, -0.25) is 0 Å². The van der Waals surface area contributed by atoms with Crippen LogP contribution >= 0.6 is 11.3 Å². The first kappa shape index (κ1) is 12.7. The average molecular weight is 272 g/mol. The van der Waals surface area contributed by atoms with Gasteiger partial charge < -0.3 is 5.73 Å². The molecule has 2 N–H and O–H groups in total. The standard InChI is InChI=1S/C16H20N2S/c1-2-4-11-7-8-14-15(9-11)19-16(18-14)12-5-3-6-13(17)10-12/h3,5-6,10-11H,2,4,7-9,17H2,1H3. The smallest absolute Gasteiger partial charge is 0.123 e. The number of nitrogen functional groups attached to an aromatic ring is 1. The Balaban J connectivity index is 1.87. The molecule has 1 aliphatic rings. The lowest BCUT2D eigenvalue weighted by Gasteiger charge is -2.20. The molecule has 1 aromatic heterocycles. The first-order chi connectivity index (χ1) is 9.26. The third-order valence-corrected chi connectivity index (χ3v) is 5.04. The molecule has 2 aromatic rings. The SMILES string of the molecule is CCCC1CCc2nc(-c3cccc(N)c3)sc2C1. The predicted octanol–water partition coefficient (Wildman–Crippen LogP) is 4.30. The van der Waals surface area contributed by atoms with Crippen molar-refractivity contribution < 1.29 is 0 Å². The van der Waals surface area contributed by atoms with Crippen molar-refractivity contribution in [2.75, 3.05) is 5.73 Å². The molecule has 2 nitrogen and oxygen atoms in total. The Morgan fingerprint density at radius 2 is 2.32 bits per heavy atom. The summed E-state index contributed by atoms with van der Waals surface area (Å²) in [7, 11) is 0. The Morgan fingerprint density at radius 1 is 1.42 bits per heavy atom. The van der Waals surface area contributed by atoms with Crippen LogP contribution in [0.2, 0.25) is 0 Å². The molecule has 0 saturated carbocycles. The molecule has 0 fully saturated rings. The van der Waals surface area contributed by atoms with E-state index in [-0.39, 0.29) is 0 Å². The van der Waals surface area contributed by atoms with Gasteiger partial charge in [0.15, 0.2) is 0 Å². The number of rotatable bonds is 3. The molecule has 0 amide bonds. The van der Waals surface area contributed by atoms with E-state index in [1.54, 1.807) is 0 Å². The first-order valence-corrected chi connectivity index (χ1v) is 7.92. The molecule has 0 radical (unpaired) electrons. The topological polar surface area (TPSA) is 38.9 Å². The van der Waals surface area contributed by atoms with Gasteiger partial charge in [-0.2, -0.15) is 0 Å². The molecule has 1 unspecified atom stereocenters. The van der Waals surface area contributed by atoms with Crippen molar-refractivity contribution in [2.45, 2.75) is 39.0 Å².